The first-order valence-electron chi connectivity index (χ1n) is 10.2. The molecule has 0 radical (unpaired) electrons. The number of nitrogens with one attached hydrogen (secondary N) is 2. The molecule has 0 saturated carbocycles. The summed E-state index contributed by atoms with van der Waals surface area (Å²) in [5.74, 6) is -0.00641. The minimum atomic E-state index is -4.47. The standard InChI is InChI=1S/C24H18F4N4O3/c1-34-20-11-19-18(23(30-13-29-19)32-17-8-4-15(25)5-9-17)10-21(20)35-12-22(33)31-16-6-2-14(3-7-16)24(26,27)28/h2-11,13H,12H2,1H3,(H,31,33)(H,29,30,32). The number of amides is 1. The van der Waals surface area contributed by atoms with Crippen LogP contribution >= 0.6 is 0 Å². The van der Waals surface area contributed by atoms with Gasteiger partial charge in [0.25, 0.3) is 5.91 Å². The molecule has 180 valence electrons. The highest BCUT2D eigenvalue weighted by atomic mass is 19.4. The van der Waals surface area contributed by atoms with Crippen LogP contribution in [-0.4, -0.2) is 29.6 Å². The van der Waals surface area contributed by atoms with Gasteiger partial charge in [-0.3, -0.25) is 4.79 Å². The molecule has 3 aromatic carbocycles. The van der Waals surface area contributed by atoms with E-state index in [4.69, 9.17) is 9.47 Å². The van der Waals surface area contributed by atoms with E-state index in [0.29, 0.717) is 28.2 Å². The maximum atomic E-state index is 13.2. The van der Waals surface area contributed by atoms with Crippen molar-refractivity contribution in [2.24, 2.45) is 0 Å². The van der Waals surface area contributed by atoms with Gasteiger partial charge in [-0.05, 0) is 54.6 Å². The molecule has 4 aromatic rings. The minimum Gasteiger partial charge on any atom is -0.493 e. The van der Waals surface area contributed by atoms with Crippen molar-refractivity contribution in [2.45, 2.75) is 6.18 Å². The monoisotopic (exact) mass is 486 g/mol. The van der Waals surface area contributed by atoms with E-state index in [-0.39, 0.29) is 17.3 Å². The number of anilines is 3. The summed E-state index contributed by atoms with van der Waals surface area (Å²) < 4.78 is 62.2. The van der Waals surface area contributed by atoms with Crippen LogP contribution in [0, 0.1) is 5.82 Å². The van der Waals surface area contributed by atoms with Crippen molar-refractivity contribution in [2.75, 3.05) is 24.4 Å². The maximum absolute atomic E-state index is 13.2. The molecular formula is C24H18F4N4O3. The van der Waals surface area contributed by atoms with Crippen LogP contribution in [0.4, 0.5) is 34.8 Å². The van der Waals surface area contributed by atoms with Crippen molar-refractivity contribution < 1.29 is 31.8 Å². The number of nitrogens with zero attached hydrogens (tertiary/aromatic N) is 2. The van der Waals surface area contributed by atoms with Crippen LogP contribution in [0.15, 0.2) is 67.0 Å². The van der Waals surface area contributed by atoms with Crippen LogP contribution in [0.2, 0.25) is 0 Å². The van der Waals surface area contributed by atoms with Crippen LogP contribution in [0.3, 0.4) is 0 Å². The Morgan fingerprint density at radius 3 is 2.29 bits per heavy atom. The molecule has 0 atom stereocenters. The third-order valence-electron chi connectivity index (χ3n) is 4.88. The Hall–Kier alpha value is -4.41. The summed E-state index contributed by atoms with van der Waals surface area (Å²) in [6.45, 7) is -0.433. The van der Waals surface area contributed by atoms with E-state index in [1.54, 1.807) is 24.3 Å². The molecule has 0 aliphatic heterocycles. The lowest BCUT2D eigenvalue weighted by atomic mass is 10.2. The molecule has 0 aliphatic carbocycles. The van der Waals surface area contributed by atoms with Crippen molar-refractivity contribution in [3.8, 4) is 11.5 Å². The van der Waals surface area contributed by atoms with E-state index < -0.39 is 24.3 Å². The Bertz CT molecular complexity index is 1340. The van der Waals surface area contributed by atoms with Crippen molar-refractivity contribution in [3.63, 3.8) is 0 Å². The van der Waals surface area contributed by atoms with Crippen LogP contribution in [0.5, 0.6) is 11.5 Å². The highest BCUT2D eigenvalue weighted by Crippen LogP contribution is 2.35. The van der Waals surface area contributed by atoms with E-state index in [1.807, 2.05) is 0 Å². The molecule has 1 aromatic heterocycles. The molecule has 11 heteroatoms. The van der Waals surface area contributed by atoms with Crippen molar-refractivity contribution in [3.05, 3.63) is 78.4 Å². The molecule has 0 spiro atoms. The van der Waals surface area contributed by atoms with E-state index in [0.717, 1.165) is 24.3 Å². The van der Waals surface area contributed by atoms with E-state index >= 15 is 0 Å². The zero-order valence-corrected chi connectivity index (χ0v) is 18.2. The molecular weight excluding hydrogens is 468 g/mol. The number of carbonyl (C=O) groups excluding carboxylic acids is 1. The van der Waals surface area contributed by atoms with Crippen molar-refractivity contribution in [1.82, 2.24) is 9.97 Å². The van der Waals surface area contributed by atoms with Gasteiger partial charge in [0.2, 0.25) is 0 Å². The molecule has 1 amide bonds. The van der Waals surface area contributed by atoms with Gasteiger partial charge in [0, 0.05) is 22.8 Å². The fourth-order valence-electron chi connectivity index (χ4n) is 3.19. The van der Waals surface area contributed by atoms with Crippen LogP contribution in [-0.2, 0) is 11.0 Å². The van der Waals surface area contributed by atoms with Crippen molar-refractivity contribution >= 4 is 34.0 Å². The van der Waals surface area contributed by atoms with E-state index in [9.17, 15) is 22.4 Å². The summed E-state index contributed by atoms with van der Waals surface area (Å²) in [4.78, 5) is 20.7. The Morgan fingerprint density at radius 2 is 1.63 bits per heavy atom. The molecule has 35 heavy (non-hydrogen) atoms. The van der Waals surface area contributed by atoms with Gasteiger partial charge in [-0.25, -0.2) is 14.4 Å². The highest BCUT2D eigenvalue weighted by Gasteiger charge is 2.30. The lowest BCUT2D eigenvalue weighted by Crippen LogP contribution is -2.20. The number of halogens is 4. The first kappa shape index (κ1) is 23.7. The lowest BCUT2D eigenvalue weighted by molar-refractivity contribution is -0.137. The number of ether oxygens (including phenoxy) is 2. The van der Waals surface area contributed by atoms with E-state index in [2.05, 4.69) is 20.6 Å². The zero-order chi connectivity index (χ0) is 25.0. The van der Waals surface area contributed by atoms with E-state index in [1.165, 1.54) is 25.6 Å². The third-order valence-corrected chi connectivity index (χ3v) is 4.88. The molecule has 2 N–H and O–H groups in total. The van der Waals surface area contributed by atoms with Crippen LogP contribution < -0.4 is 20.1 Å². The Kier molecular flexibility index (Phi) is 6.67. The number of benzene rings is 3. The predicted octanol–water partition coefficient (Wildman–Crippen LogP) is 5.56. The predicted molar refractivity (Wildman–Crippen MR) is 121 cm³/mol. The third kappa shape index (κ3) is 5.75. The van der Waals surface area contributed by atoms with Crippen LogP contribution in [0.25, 0.3) is 10.9 Å². The second kappa shape index (κ2) is 9.84. The molecule has 1 heterocycles. The first-order valence-corrected chi connectivity index (χ1v) is 10.2. The van der Waals surface area contributed by atoms with Gasteiger partial charge in [0.15, 0.2) is 18.1 Å². The molecule has 4 rings (SSSR count). The van der Waals surface area contributed by atoms with Gasteiger partial charge in [0.05, 0.1) is 18.2 Å². The summed E-state index contributed by atoms with van der Waals surface area (Å²) in [5.41, 5.74) is 0.500. The second-order valence-electron chi connectivity index (χ2n) is 7.29. The average Bonchev–Trinajstić information content (AvgIpc) is 2.83. The Morgan fingerprint density at radius 1 is 0.943 bits per heavy atom. The smallest absolute Gasteiger partial charge is 0.416 e. The molecule has 0 saturated heterocycles. The molecule has 0 aliphatic rings. The SMILES string of the molecule is COc1cc2ncnc(Nc3ccc(F)cc3)c2cc1OCC(=O)Nc1ccc(C(F)(F)F)cc1. The fraction of sp³-hybridized carbons (Fsp3) is 0.125. The lowest BCUT2D eigenvalue weighted by Gasteiger charge is -2.14. The van der Waals surface area contributed by atoms with Gasteiger partial charge in [0.1, 0.15) is 18.0 Å². The Labute approximate surface area is 196 Å². The highest BCUT2D eigenvalue weighted by molar-refractivity contribution is 5.94. The first-order chi connectivity index (χ1) is 16.7. The van der Waals surface area contributed by atoms with Gasteiger partial charge in [-0.1, -0.05) is 0 Å². The van der Waals surface area contributed by atoms with Crippen LogP contribution in [0.1, 0.15) is 5.56 Å². The van der Waals surface area contributed by atoms with Gasteiger partial charge >= 0.3 is 6.18 Å². The number of hydrogen-bond acceptors (Lipinski definition) is 6. The minimum absolute atomic E-state index is 0.191. The molecule has 0 fully saturated rings. The fourth-order valence-corrected chi connectivity index (χ4v) is 3.19. The quantitative estimate of drug-likeness (QED) is 0.333. The van der Waals surface area contributed by atoms with Gasteiger partial charge < -0.3 is 20.1 Å². The summed E-state index contributed by atoms with van der Waals surface area (Å²) in [6, 6.07) is 13.0. The summed E-state index contributed by atoms with van der Waals surface area (Å²) in [5, 5.41) is 6.10. The summed E-state index contributed by atoms with van der Waals surface area (Å²) >= 11 is 0. The molecule has 0 bridgehead atoms. The number of carbonyl (C=O) groups is 1. The summed E-state index contributed by atoms with van der Waals surface area (Å²) in [6.07, 6.45) is -3.11. The number of hydrogen-bond donors (Lipinski definition) is 2. The second-order valence-corrected chi connectivity index (χ2v) is 7.29. The zero-order valence-electron chi connectivity index (χ0n) is 18.2. The number of rotatable bonds is 7. The molecule has 0 unspecified atom stereocenters. The molecule has 7 nitrogen and oxygen atoms in total. The summed E-state index contributed by atoms with van der Waals surface area (Å²) in [7, 11) is 1.43. The van der Waals surface area contributed by atoms with Gasteiger partial charge in [-0.2, -0.15) is 13.2 Å². The number of fused-ring (bicyclic) bond motifs is 1. The number of alkyl halides is 3. The van der Waals surface area contributed by atoms with Crippen molar-refractivity contribution in [1.29, 1.82) is 0 Å². The number of aromatic nitrogens is 2. The average molecular weight is 486 g/mol. The van der Waals surface area contributed by atoms with Gasteiger partial charge in [-0.15, -0.1) is 0 Å². The maximum Gasteiger partial charge on any atom is 0.416 e. The number of methoxy groups -OCH3 is 1. The Balaban J connectivity index is 1.50. The largest absolute Gasteiger partial charge is 0.493 e. The normalized spacial score (nSPS) is 11.2. The topological polar surface area (TPSA) is 85.4 Å².